The van der Waals surface area contributed by atoms with E-state index in [0.717, 1.165) is 0 Å². The molecule has 0 spiro atoms. The number of carbonyl (C=O) groups is 1. The summed E-state index contributed by atoms with van der Waals surface area (Å²) in [6, 6.07) is 6.17. The van der Waals surface area contributed by atoms with E-state index in [9.17, 15) is 9.18 Å². The second-order valence-corrected chi connectivity index (χ2v) is 4.02. The van der Waals surface area contributed by atoms with Gasteiger partial charge in [0.1, 0.15) is 17.4 Å². The van der Waals surface area contributed by atoms with Gasteiger partial charge in [0.25, 0.3) is 0 Å². The predicted octanol–water partition coefficient (Wildman–Crippen LogP) is 2.24. The SMILES string of the molecule is CCN(CC(C)C(=O)O)c1cccc(F)c1C#N. The number of benzene rings is 1. The third kappa shape index (κ3) is 2.98. The van der Waals surface area contributed by atoms with Crippen molar-refractivity contribution in [2.45, 2.75) is 13.8 Å². The van der Waals surface area contributed by atoms with Crippen LogP contribution in [0.15, 0.2) is 18.2 Å². The van der Waals surface area contributed by atoms with Gasteiger partial charge in [-0.15, -0.1) is 0 Å². The molecule has 0 bridgehead atoms. The molecule has 0 aromatic heterocycles. The number of nitriles is 1. The topological polar surface area (TPSA) is 64.3 Å². The summed E-state index contributed by atoms with van der Waals surface area (Å²) in [5, 5.41) is 17.8. The fourth-order valence-electron chi connectivity index (χ4n) is 1.69. The highest BCUT2D eigenvalue weighted by molar-refractivity contribution is 5.71. The number of halogens is 1. The fraction of sp³-hybridized carbons (Fsp3) is 0.385. The maximum absolute atomic E-state index is 13.5. The summed E-state index contributed by atoms with van der Waals surface area (Å²) in [5.74, 6) is -2.08. The molecule has 0 heterocycles. The zero-order valence-corrected chi connectivity index (χ0v) is 10.4. The first kappa shape index (κ1) is 14.0. The molecule has 0 aliphatic carbocycles. The molecule has 1 aromatic rings. The number of hydrogen-bond acceptors (Lipinski definition) is 3. The van der Waals surface area contributed by atoms with E-state index in [4.69, 9.17) is 10.4 Å². The lowest BCUT2D eigenvalue weighted by Crippen LogP contribution is -2.32. The van der Waals surface area contributed by atoms with Crippen molar-refractivity contribution in [1.82, 2.24) is 0 Å². The molecule has 1 atom stereocenters. The normalized spacial score (nSPS) is 11.7. The van der Waals surface area contributed by atoms with Crippen LogP contribution >= 0.6 is 0 Å². The van der Waals surface area contributed by atoms with E-state index in [1.807, 2.05) is 13.0 Å². The van der Waals surface area contributed by atoms with Crippen LogP contribution in [0.2, 0.25) is 0 Å². The van der Waals surface area contributed by atoms with Gasteiger partial charge >= 0.3 is 5.97 Å². The molecule has 18 heavy (non-hydrogen) atoms. The number of rotatable bonds is 5. The van der Waals surface area contributed by atoms with E-state index in [1.165, 1.54) is 12.1 Å². The van der Waals surface area contributed by atoms with Gasteiger partial charge in [-0.05, 0) is 19.1 Å². The highest BCUT2D eigenvalue weighted by Crippen LogP contribution is 2.23. The monoisotopic (exact) mass is 250 g/mol. The van der Waals surface area contributed by atoms with Gasteiger partial charge in [-0.1, -0.05) is 13.0 Å². The number of carboxylic acids is 1. The van der Waals surface area contributed by atoms with Crippen LogP contribution in [0.3, 0.4) is 0 Å². The Morgan fingerprint density at radius 1 is 1.61 bits per heavy atom. The number of carboxylic acid groups (broad SMARTS) is 1. The first-order valence-corrected chi connectivity index (χ1v) is 5.67. The number of anilines is 1. The van der Waals surface area contributed by atoms with E-state index >= 15 is 0 Å². The first-order chi connectivity index (χ1) is 8.51. The molecule has 1 N–H and O–H groups in total. The van der Waals surface area contributed by atoms with Crippen molar-refractivity contribution < 1.29 is 14.3 Å². The Balaban J connectivity index is 3.07. The van der Waals surface area contributed by atoms with E-state index in [1.54, 1.807) is 17.9 Å². The average Bonchev–Trinajstić information content (AvgIpc) is 2.35. The van der Waals surface area contributed by atoms with Gasteiger partial charge in [-0.3, -0.25) is 4.79 Å². The van der Waals surface area contributed by atoms with Crippen LogP contribution in [0.4, 0.5) is 10.1 Å². The third-order valence-corrected chi connectivity index (χ3v) is 2.74. The standard InChI is InChI=1S/C13H15FN2O2/c1-3-16(8-9(2)13(17)18)12-6-4-5-11(14)10(12)7-15/h4-6,9H,3,8H2,1-2H3,(H,17,18). The minimum Gasteiger partial charge on any atom is -0.481 e. The largest absolute Gasteiger partial charge is 0.481 e. The molecule has 1 unspecified atom stereocenters. The van der Waals surface area contributed by atoms with Crippen molar-refractivity contribution in [3.8, 4) is 6.07 Å². The highest BCUT2D eigenvalue weighted by Gasteiger charge is 2.19. The van der Waals surface area contributed by atoms with Gasteiger partial charge in [0.15, 0.2) is 0 Å². The predicted molar refractivity (Wildman–Crippen MR) is 65.8 cm³/mol. The Morgan fingerprint density at radius 3 is 2.78 bits per heavy atom. The van der Waals surface area contributed by atoms with Crippen LogP contribution in [0.5, 0.6) is 0 Å². The Bertz CT molecular complexity index is 482. The maximum Gasteiger partial charge on any atom is 0.308 e. The Morgan fingerprint density at radius 2 is 2.28 bits per heavy atom. The molecule has 0 saturated heterocycles. The lowest BCUT2D eigenvalue weighted by atomic mass is 10.1. The molecule has 0 amide bonds. The molecule has 96 valence electrons. The van der Waals surface area contributed by atoms with Crippen LogP contribution in [0.1, 0.15) is 19.4 Å². The van der Waals surface area contributed by atoms with E-state index in [2.05, 4.69) is 0 Å². The van der Waals surface area contributed by atoms with Crippen LogP contribution in [-0.2, 0) is 4.79 Å². The van der Waals surface area contributed by atoms with Gasteiger partial charge < -0.3 is 10.0 Å². The second kappa shape index (κ2) is 6.01. The summed E-state index contributed by atoms with van der Waals surface area (Å²) >= 11 is 0. The molecule has 0 radical (unpaired) electrons. The number of nitrogens with zero attached hydrogens (tertiary/aromatic N) is 2. The molecule has 0 aliphatic rings. The smallest absolute Gasteiger partial charge is 0.308 e. The van der Waals surface area contributed by atoms with Crippen LogP contribution in [-0.4, -0.2) is 24.2 Å². The van der Waals surface area contributed by atoms with Gasteiger partial charge in [-0.2, -0.15) is 5.26 Å². The average molecular weight is 250 g/mol. The zero-order valence-electron chi connectivity index (χ0n) is 10.4. The Hall–Kier alpha value is -2.09. The van der Waals surface area contributed by atoms with E-state index < -0.39 is 17.7 Å². The quantitative estimate of drug-likeness (QED) is 0.870. The summed E-state index contributed by atoms with van der Waals surface area (Å²) in [6.45, 7) is 4.16. The maximum atomic E-state index is 13.5. The van der Waals surface area contributed by atoms with Crippen LogP contribution in [0, 0.1) is 23.1 Å². The summed E-state index contributed by atoms with van der Waals surface area (Å²) < 4.78 is 13.5. The van der Waals surface area contributed by atoms with E-state index in [0.29, 0.717) is 12.2 Å². The van der Waals surface area contributed by atoms with Crippen molar-refractivity contribution in [2.75, 3.05) is 18.0 Å². The van der Waals surface area contributed by atoms with Crippen LogP contribution < -0.4 is 4.90 Å². The Kier molecular flexibility index (Phi) is 4.67. The lowest BCUT2D eigenvalue weighted by molar-refractivity contribution is -0.140. The molecule has 0 aliphatic heterocycles. The second-order valence-electron chi connectivity index (χ2n) is 4.02. The van der Waals surface area contributed by atoms with Crippen molar-refractivity contribution in [3.63, 3.8) is 0 Å². The highest BCUT2D eigenvalue weighted by atomic mass is 19.1. The lowest BCUT2D eigenvalue weighted by Gasteiger charge is -2.26. The molecule has 1 rings (SSSR count). The molecule has 0 fully saturated rings. The van der Waals surface area contributed by atoms with Gasteiger partial charge in [0.05, 0.1) is 11.6 Å². The molecule has 0 saturated carbocycles. The summed E-state index contributed by atoms with van der Waals surface area (Å²) in [6.07, 6.45) is 0. The molecule has 5 heteroatoms. The Labute approximate surface area is 105 Å². The van der Waals surface area contributed by atoms with Crippen molar-refractivity contribution in [2.24, 2.45) is 5.92 Å². The zero-order chi connectivity index (χ0) is 13.7. The van der Waals surface area contributed by atoms with Gasteiger partial charge in [0.2, 0.25) is 0 Å². The summed E-state index contributed by atoms with van der Waals surface area (Å²) in [7, 11) is 0. The van der Waals surface area contributed by atoms with Gasteiger partial charge in [0, 0.05) is 13.1 Å². The van der Waals surface area contributed by atoms with Gasteiger partial charge in [-0.25, -0.2) is 4.39 Å². The molecule has 1 aromatic carbocycles. The summed E-state index contributed by atoms with van der Waals surface area (Å²) in [4.78, 5) is 12.5. The number of hydrogen-bond donors (Lipinski definition) is 1. The van der Waals surface area contributed by atoms with Crippen molar-refractivity contribution in [3.05, 3.63) is 29.6 Å². The molecule has 4 nitrogen and oxygen atoms in total. The third-order valence-electron chi connectivity index (χ3n) is 2.74. The van der Waals surface area contributed by atoms with Crippen molar-refractivity contribution >= 4 is 11.7 Å². The first-order valence-electron chi connectivity index (χ1n) is 5.67. The number of aliphatic carboxylic acids is 1. The van der Waals surface area contributed by atoms with E-state index in [-0.39, 0.29) is 12.1 Å². The van der Waals surface area contributed by atoms with Crippen molar-refractivity contribution in [1.29, 1.82) is 5.26 Å². The fourth-order valence-corrected chi connectivity index (χ4v) is 1.69. The summed E-state index contributed by atoms with van der Waals surface area (Å²) in [5.41, 5.74) is 0.394. The minimum absolute atomic E-state index is 0.0445. The minimum atomic E-state index is -0.914. The van der Waals surface area contributed by atoms with Crippen LogP contribution in [0.25, 0.3) is 0 Å². The molecular weight excluding hydrogens is 235 g/mol. The molecular formula is C13H15FN2O2.